The lowest BCUT2D eigenvalue weighted by atomic mass is 10.1. The predicted molar refractivity (Wildman–Crippen MR) is 119 cm³/mol. The molecular weight excluding hydrogens is 408 g/mol. The van der Waals surface area contributed by atoms with Gasteiger partial charge in [0.2, 0.25) is 0 Å². The molecule has 0 saturated carbocycles. The number of carbonyl (C=O) groups excluding carboxylic acids is 2. The summed E-state index contributed by atoms with van der Waals surface area (Å²) in [5.41, 5.74) is 4.31. The molecule has 32 heavy (non-hydrogen) atoms. The summed E-state index contributed by atoms with van der Waals surface area (Å²) < 4.78 is 16.0. The van der Waals surface area contributed by atoms with Gasteiger partial charge in [0.15, 0.2) is 6.61 Å². The maximum absolute atomic E-state index is 12.3. The van der Waals surface area contributed by atoms with E-state index in [0.29, 0.717) is 24.5 Å². The molecule has 0 fully saturated rings. The average Bonchev–Trinajstić information content (AvgIpc) is 3.13. The first-order valence-corrected chi connectivity index (χ1v) is 10.5. The van der Waals surface area contributed by atoms with Crippen molar-refractivity contribution >= 4 is 11.9 Å². The third kappa shape index (κ3) is 5.97. The zero-order valence-electron chi connectivity index (χ0n) is 18.9. The molecule has 1 heterocycles. The maximum Gasteiger partial charge on any atom is 0.338 e. The fourth-order valence-electron chi connectivity index (χ4n) is 3.11. The minimum Gasteiger partial charge on any atom is -0.489 e. The van der Waals surface area contributed by atoms with Crippen LogP contribution in [0, 0.1) is 13.8 Å². The van der Waals surface area contributed by atoms with E-state index in [9.17, 15) is 9.59 Å². The lowest BCUT2D eigenvalue weighted by Gasteiger charge is -2.17. The van der Waals surface area contributed by atoms with Crippen LogP contribution in [-0.2, 0) is 29.1 Å². The van der Waals surface area contributed by atoms with Gasteiger partial charge in [0.05, 0.1) is 16.8 Å². The van der Waals surface area contributed by atoms with Gasteiger partial charge in [-0.05, 0) is 55.7 Å². The van der Waals surface area contributed by atoms with Crippen molar-refractivity contribution in [3.63, 3.8) is 0 Å². The zero-order valence-corrected chi connectivity index (χ0v) is 18.9. The fourth-order valence-corrected chi connectivity index (χ4v) is 3.11. The molecule has 0 radical (unpaired) electrons. The summed E-state index contributed by atoms with van der Waals surface area (Å²) >= 11 is 0. The van der Waals surface area contributed by atoms with Crippen LogP contribution < -0.4 is 4.74 Å². The quantitative estimate of drug-likeness (QED) is 0.467. The Morgan fingerprint density at radius 1 is 1.00 bits per heavy atom. The average molecular weight is 437 g/mol. The molecule has 2 aromatic carbocycles. The smallest absolute Gasteiger partial charge is 0.338 e. The number of amides is 1. The monoisotopic (exact) mass is 436 g/mol. The zero-order chi connectivity index (χ0) is 23.1. The summed E-state index contributed by atoms with van der Waals surface area (Å²) in [5, 5.41) is 3.90. The number of likely N-dealkylation sites (N-methyl/N-ethyl adjacent to an activating group) is 1. The summed E-state index contributed by atoms with van der Waals surface area (Å²) in [4.78, 5) is 26.2. The van der Waals surface area contributed by atoms with Gasteiger partial charge >= 0.3 is 5.97 Å². The van der Waals surface area contributed by atoms with Gasteiger partial charge in [-0.3, -0.25) is 4.79 Å². The van der Waals surface area contributed by atoms with Gasteiger partial charge < -0.3 is 18.9 Å². The van der Waals surface area contributed by atoms with Gasteiger partial charge in [-0.15, -0.1) is 0 Å². The number of ether oxygens (including phenoxy) is 2. The Morgan fingerprint density at radius 2 is 1.66 bits per heavy atom. The number of nitrogens with zero attached hydrogens (tertiary/aromatic N) is 2. The first-order chi connectivity index (χ1) is 15.4. The molecule has 168 valence electrons. The molecule has 7 nitrogen and oxygen atoms in total. The summed E-state index contributed by atoms with van der Waals surface area (Å²) in [6.07, 6.45) is 0.972. The topological polar surface area (TPSA) is 81.9 Å². The molecule has 1 amide bonds. The van der Waals surface area contributed by atoms with Crippen molar-refractivity contribution in [1.82, 2.24) is 10.1 Å². The second-order valence-corrected chi connectivity index (χ2v) is 7.61. The van der Waals surface area contributed by atoms with Gasteiger partial charge in [-0.25, -0.2) is 4.79 Å². The van der Waals surface area contributed by atoms with Gasteiger partial charge in [0.25, 0.3) is 5.91 Å². The maximum atomic E-state index is 12.3. The van der Waals surface area contributed by atoms with Gasteiger partial charge in [-0.1, -0.05) is 36.3 Å². The fraction of sp³-hybridized carbons (Fsp3) is 0.320. The summed E-state index contributed by atoms with van der Waals surface area (Å²) in [6.45, 7) is 6.26. The molecular formula is C25H28N2O5. The Kier molecular flexibility index (Phi) is 7.65. The summed E-state index contributed by atoms with van der Waals surface area (Å²) in [6, 6.07) is 14.7. The Hall–Kier alpha value is -3.61. The van der Waals surface area contributed by atoms with Gasteiger partial charge in [0.1, 0.15) is 18.1 Å². The van der Waals surface area contributed by atoms with Crippen molar-refractivity contribution in [3.05, 3.63) is 82.2 Å². The van der Waals surface area contributed by atoms with Crippen molar-refractivity contribution in [3.8, 4) is 5.75 Å². The number of hydrogen-bond donors (Lipinski definition) is 0. The van der Waals surface area contributed by atoms with E-state index in [0.717, 1.165) is 29.0 Å². The van der Waals surface area contributed by atoms with Crippen LogP contribution in [0.3, 0.4) is 0 Å². The van der Waals surface area contributed by atoms with Crippen molar-refractivity contribution in [2.75, 3.05) is 13.7 Å². The second kappa shape index (κ2) is 10.6. The van der Waals surface area contributed by atoms with Gasteiger partial charge in [0, 0.05) is 13.6 Å². The van der Waals surface area contributed by atoms with E-state index in [1.807, 2.05) is 26.0 Å². The predicted octanol–water partition coefficient (Wildman–Crippen LogP) is 4.25. The van der Waals surface area contributed by atoms with Crippen LogP contribution in [0.5, 0.6) is 5.75 Å². The molecule has 0 N–H and O–H groups in total. The lowest BCUT2D eigenvalue weighted by molar-refractivity contribution is -0.133. The minimum atomic E-state index is -0.559. The summed E-state index contributed by atoms with van der Waals surface area (Å²) in [5.74, 6) is 0.496. The van der Waals surface area contributed by atoms with E-state index in [1.165, 1.54) is 5.56 Å². The van der Waals surface area contributed by atoms with Crippen LogP contribution in [-0.4, -0.2) is 35.6 Å². The number of benzene rings is 2. The number of carbonyl (C=O) groups is 2. The molecule has 0 atom stereocenters. The number of esters is 1. The Bertz CT molecular complexity index is 1040. The van der Waals surface area contributed by atoms with Crippen molar-refractivity contribution in [2.45, 2.75) is 40.3 Å². The van der Waals surface area contributed by atoms with Crippen LogP contribution in [0.1, 0.15) is 45.4 Å². The SMILES string of the molecule is CCc1ccc(CN(C)C(=O)COC(=O)c2ccc(OCc3c(C)noc3C)cc2)cc1. The van der Waals surface area contributed by atoms with E-state index in [1.54, 1.807) is 36.2 Å². The molecule has 0 aliphatic carbocycles. The molecule has 0 aliphatic rings. The van der Waals surface area contributed by atoms with Crippen LogP contribution in [0.2, 0.25) is 0 Å². The van der Waals surface area contributed by atoms with Gasteiger partial charge in [-0.2, -0.15) is 0 Å². The molecule has 0 bridgehead atoms. The van der Waals surface area contributed by atoms with E-state index < -0.39 is 5.97 Å². The Balaban J connectivity index is 1.46. The molecule has 7 heteroatoms. The number of aryl methyl sites for hydroxylation is 3. The van der Waals surface area contributed by atoms with Crippen molar-refractivity contribution in [2.24, 2.45) is 0 Å². The van der Waals surface area contributed by atoms with Crippen molar-refractivity contribution in [1.29, 1.82) is 0 Å². The summed E-state index contributed by atoms with van der Waals surface area (Å²) in [7, 11) is 1.69. The molecule has 0 spiro atoms. The minimum absolute atomic E-state index is 0.266. The van der Waals surface area contributed by atoms with Crippen LogP contribution in [0.15, 0.2) is 53.1 Å². The van der Waals surface area contributed by atoms with E-state index in [2.05, 4.69) is 24.2 Å². The van der Waals surface area contributed by atoms with Crippen LogP contribution >= 0.6 is 0 Å². The first-order valence-electron chi connectivity index (χ1n) is 10.5. The Labute approximate surface area is 187 Å². The molecule has 0 aliphatic heterocycles. The van der Waals surface area contributed by atoms with E-state index >= 15 is 0 Å². The Morgan fingerprint density at radius 3 is 2.25 bits per heavy atom. The number of hydrogen-bond acceptors (Lipinski definition) is 6. The molecule has 3 aromatic rings. The van der Waals surface area contributed by atoms with Crippen LogP contribution in [0.25, 0.3) is 0 Å². The van der Waals surface area contributed by atoms with Crippen LogP contribution in [0.4, 0.5) is 0 Å². The van der Waals surface area contributed by atoms with E-state index in [4.69, 9.17) is 14.0 Å². The highest BCUT2D eigenvalue weighted by Gasteiger charge is 2.15. The third-order valence-electron chi connectivity index (χ3n) is 5.26. The lowest BCUT2D eigenvalue weighted by Crippen LogP contribution is -2.30. The number of aromatic nitrogens is 1. The highest BCUT2D eigenvalue weighted by Crippen LogP contribution is 2.18. The van der Waals surface area contributed by atoms with E-state index in [-0.39, 0.29) is 12.5 Å². The molecule has 1 aromatic heterocycles. The van der Waals surface area contributed by atoms with Crippen molar-refractivity contribution < 1.29 is 23.6 Å². The number of rotatable bonds is 9. The molecule has 0 saturated heterocycles. The first kappa shape index (κ1) is 23.1. The standard InChI is InChI=1S/C25H28N2O5/c1-5-19-6-8-20(9-7-19)14-27(4)24(28)16-31-25(29)21-10-12-22(13-11-21)30-15-23-17(2)26-32-18(23)3/h6-13H,5,14-16H2,1-4H3. The largest absolute Gasteiger partial charge is 0.489 e. The third-order valence-corrected chi connectivity index (χ3v) is 5.26. The molecule has 3 rings (SSSR count). The molecule has 0 unspecified atom stereocenters. The highest BCUT2D eigenvalue weighted by molar-refractivity contribution is 5.91. The second-order valence-electron chi connectivity index (χ2n) is 7.61. The normalized spacial score (nSPS) is 10.6. The highest BCUT2D eigenvalue weighted by atomic mass is 16.5.